The topological polar surface area (TPSA) is 50.4 Å². The zero-order valence-electron chi connectivity index (χ0n) is 14.5. The fourth-order valence-electron chi connectivity index (χ4n) is 2.61. The second kappa shape index (κ2) is 6.86. The van der Waals surface area contributed by atoms with Gasteiger partial charge in [0, 0.05) is 22.4 Å². The molecule has 3 nitrogen and oxygen atoms in total. The maximum absolute atomic E-state index is 11.2. The highest BCUT2D eigenvalue weighted by molar-refractivity contribution is 5.80. The molecule has 0 fully saturated rings. The van der Waals surface area contributed by atoms with Crippen LogP contribution in [0.2, 0.25) is 0 Å². The predicted molar refractivity (Wildman–Crippen MR) is 98.6 cm³/mol. The average molecular weight is 332 g/mol. The minimum Gasteiger partial charge on any atom is -0.481 e. The van der Waals surface area contributed by atoms with E-state index in [4.69, 9.17) is 9.52 Å². The van der Waals surface area contributed by atoms with Crippen molar-refractivity contribution in [3.8, 4) is 11.8 Å². The first-order valence-corrected chi connectivity index (χ1v) is 8.29. The third-order valence-corrected chi connectivity index (χ3v) is 4.53. The van der Waals surface area contributed by atoms with Crippen LogP contribution >= 0.6 is 0 Å². The lowest BCUT2D eigenvalue weighted by atomic mass is 9.94. The molecule has 1 N–H and O–H groups in total. The van der Waals surface area contributed by atoms with Gasteiger partial charge in [-0.25, -0.2) is 0 Å². The van der Waals surface area contributed by atoms with Crippen LogP contribution in [-0.4, -0.2) is 11.1 Å². The van der Waals surface area contributed by atoms with Crippen molar-refractivity contribution in [2.45, 2.75) is 26.7 Å². The van der Waals surface area contributed by atoms with Crippen molar-refractivity contribution in [3.63, 3.8) is 0 Å². The average Bonchev–Trinajstić information content (AvgIpc) is 3.03. The number of furan rings is 1. The molecule has 3 rings (SSSR count). The molecule has 1 heterocycles. The molecule has 1 aromatic heterocycles. The summed E-state index contributed by atoms with van der Waals surface area (Å²) in [5, 5.41) is 10.1. The molecule has 0 bridgehead atoms. The highest BCUT2D eigenvalue weighted by Gasteiger charge is 2.23. The van der Waals surface area contributed by atoms with Crippen LogP contribution in [0.4, 0.5) is 0 Å². The van der Waals surface area contributed by atoms with Crippen LogP contribution in [0.15, 0.2) is 52.9 Å². The number of carboxylic acid groups (broad SMARTS) is 1. The Balaban J connectivity index is 1.88. The fourth-order valence-corrected chi connectivity index (χ4v) is 2.61. The van der Waals surface area contributed by atoms with E-state index < -0.39 is 11.9 Å². The van der Waals surface area contributed by atoms with Crippen molar-refractivity contribution < 1.29 is 14.3 Å². The Hall–Kier alpha value is -2.99. The highest BCUT2D eigenvalue weighted by atomic mass is 16.4. The van der Waals surface area contributed by atoms with E-state index in [0.29, 0.717) is 5.76 Å². The third-order valence-electron chi connectivity index (χ3n) is 4.53. The first kappa shape index (κ1) is 16.9. The number of benzene rings is 2. The largest absolute Gasteiger partial charge is 0.481 e. The van der Waals surface area contributed by atoms with Gasteiger partial charge < -0.3 is 9.52 Å². The van der Waals surface area contributed by atoms with Crippen LogP contribution in [0.3, 0.4) is 0 Å². The van der Waals surface area contributed by atoms with Crippen LogP contribution in [0.5, 0.6) is 0 Å². The Morgan fingerprint density at radius 1 is 1.00 bits per heavy atom. The van der Waals surface area contributed by atoms with E-state index >= 15 is 0 Å². The molecule has 2 atom stereocenters. The first-order valence-electron chi connectivity index (χ1n) is 8.29. The molecule has 0 aliphatic heterocycles. The van der Waals surface area contributed by atoms with Crippen LogP contribution < -0.4 is 0 Å². The molecule has 0 aliphatic carbocycles. The molecule has 0 radical (unpaired) electrons. The van der Waals surface area contributed by atoms with Crippen molar-refractivity contribution in [1.82, 2.24) is 0 Å². The van der Waals surface area contributed by atoms with Gasteiger partial charge in [-0.2, -0.15) is 0 Å². The van der Waals surface area contributed by atoms with E-state index in [1.807, 2.05) is 62.4 Å². The predicted octanol–water partition coefficient (Wildman–Crippen LogP) is 4.97. The third kappa shape index (κ3) is 3.75. The van der Waals surface area contributed by atoms with Gasteiger partial charge in [0.25, 0.3) is 0 Å². The van der Waals surface area contributed by atoms with Crippen molar-refractivity contribution in [1.29, 1.82) is 0 Å². The lowest BCUT2D eigenvalue weighted by Crippen LogP contribution is -2.16. The molecule has 3 heteroatoms. The molecular weight excluding hydrogens is 312 g/mol. The minimum absolute atomic E-state index is 0.188. The molecule has 0 aliphatic rings. The Morgan fingerprint density at radius 3 is 2.32 bits per heavy atom. The highest BCUT2D eigenvalue weighted by Crippen LogP contribution is 2.30. The summed E-state index contributed by atoms with van der Waals surface area (Å²) in [7, 11) is 0. The molecule has 0 unspecified atom stereocenters. The molecule has 25 heavy (non-hydrogen) atoms. The minimum atomic E-state index is -0.822. The van der Waals surface area contributed by atoms with E-state index in [1.54, 1.807) is 6.92 Å². The van der Waals surface area contributed by atoms with Crippen LogP contribution in [-0.2, 0) is 4.79 Å². The fraction of sp³-hybridized carbons (Fsp3) is 0.227. The summed E-state index contributed by atoms with van der Waals surface area (Å²) in [5.41, 5.74) is 3.84. The SMILES string of the molecule is Cc1ccc(C#Cc2ccc3oc([C@@H](C)[C@@H](C)C(=O)O)cc3c2)cc1. The molecule has 3 aromatic rings. The zero-order chi connectivity index (χ0) is 18.0. The molecule has 126 valence electrons. The number of carbonyl (C=O) groups is 1. The maximum Gasteiger partial charge on any atom is 0.306 e. The number of fused-ring (bicyclic) bond motifs is 1. The number of aryl methyl sites for hydroxylation is 1. The van der Waals surface area contributed by atoms with Crippen molar-refractivity contribution >= 4 is 16.9 Å². The van der Waals surface area contributed by atoms with Gasteiger partial charge in [-0.15, -0.1) is 0 Å². The zero-order valence-corrected chi connectivity index (χ0v) is 14.5. The van der Waals surface area contributed by atoms with Crippen LogP contribution in [0.1, 0.15) is 42.2 Å². The van der Waals surface area contributed by atoms with Gasteiger partial charge in [-0.05, 0) is 43.3 Å². The summed E-state index contributed by atoms with van der Waals surface area (Å²) in [5.74, 6) is 5.50. The molecule has 2 aromatic carbocycles. The second-order valence-corrected chi connectivity index (χ2v) is 6.43. The van der Waals surface area contributed by atoms with Gasteiger partial charge in [-0.1, -0.05) is 43.4 Å². The van der Waals surface area contributed by atoms with E-state index in [0.717, 1.165) is 22.1 Å². The molecular formula is C22H20O3. The number of carboxylic acids is 1. The van der Waals surface area contributed by atoms with E-state index in [2.05, 4.69) is 11.8 Å². The molecule has 0 spiro atoms. The Bertz CT molecular complexity index is 968. The van der Waals surface area contributed by atoms with Gasteiger partial charge in [0.2, 0.25) is 0 Å². The van der Waals surface area contributed by atoms with Crippen LogP contribution in [0.25, 0.3) is 11.0 Å². The normalized spacial score (nSPS) is 13.1. The monoisotopic (exact) mass is 332 g/mol. The summed E-state index contributed by atoms with van der Waals surface area (Å²) in [6.07, 6.45) is 0. The maximum atomic E-state index is 11.2. The van der Waals surface area contributed by atoms with Crippen molar-refractivity contribution in [3.05, 3.63) is 71.0 Å². The summed E-state index contributed by atoms with van der Waals surface area (Å²) >= 11 is 0. The van der Waals surface area contributed by atoms with Crippen molar-refractivity contribution in [2.75, 3.05) is 0 Å². The summed E-state index contributed by atoms with van der Waals surface area (Å²) in [6.45, 7) is 5.61. The molecule has 0 saturated carbocycles. The molecule has 0 saturated heterocycles. The summed E-state index contributed by atoms with van der Waals surface area (Å²) in [4.78, 5) is 11.2. The number of hydrogen-bond donors (Lipinski definition) is 1. The van der Waals surface area contributed by atoms with E-state index in [1.165, 1.54) is 5.56 Å². The Labute approximate surface area is 147 Å². The quantitative estimate of drug-likeness (QED) is 0.689. The van der Waals surface area contributed by atoms with Crippen LogP contribution in [0, 0.1) is 24.7 Å². The second-order valence-electron chi connectivity index (χ2n) is 6.43. The Kier molecular flexibility index (Phi) is 4.63. The van der Waals surface area contributed by atoms with Gasteiger partial charge in [0.05, 0.1) is 5.92 Å². The standard InChI is InChI=1S/C22H20O3/c1-14-4-6-17(7-5-14)8-9-18-10-11-20-19(12-18)13-21(25-20)15(2)16(3)22(23)24/h4-7,10-13,15-16H,1-3H3,(H,23,24)/t15-,16+/m0/s1. The van der Waals surface area contributed by atoms with Gasteiger partial charge in [0.1, 0.15) is 11.3 Å². The van der Waals surface area contributed by atoms with E-state index in [-0.39, 0.29) is 5.92 Å². The van der Waals surface area contributed by atoms with Gasteiger partial charge >= 0.3 is 5.97 Å². The van der Waals surface area contributed by atoms with Crippen molar-refractivity contribution in [2.24, 2.45) is 5.92 Å². The number of hydrogen-bond acceptors (Lipinski definition) is 2. The lowest BCUT2D eigenvalue weighted by Gasteiger charge is -2.12. The Morgan fingerprint density at radius 2 is 1.64 bits per heavy atom. The number of rotatable bonds is 3. The smallest absolute Gasteiger partial charge is 0.306 e. The van der Waals surface area contributed by atoms with Gasteiger partial charge in [-0.3, -0.25) is 4.79 Å². The number of aliphatic carboxylic acids is 1. The first-order chi connectivity index (χ1) is 11.9. The van der Waals surface area contributed by atoms with Gasteiger partial charge in [0.15, 0.2) is 0 Å². The summed E-state index contributed by atoms with van der Waals surface area (Å²) in [6, 6.07) is 15.8. The summed E-state index contributed by atoms with van der Waals surface area (Å²) < 4.78 is 5.82. The molecule has 0 amide bonds. The van der Waals surface area contributed by atoms with E-state index in [9.17, 15) is 4.79 Å². The lowest BCUT2D eigenvalue weighted by molar-refractivity contribution is -0.141.